The lowest BCUT2D eigenvalue weighted by atomic mass is 10.1. The molecule has 0 aliphatic carbocycles. The predicted molar refractivity (Wildman–Crippen MR) is 117 cm³/mol. The van der Waals surface area contributed by atoms with E-state index >= 15 is 0 Å². The lowest BCUT2D eigenvalue weighted by Gasteiger charge is -2.10. The van der Waals surface area contributed by atoms with Crippen LogP contribution in [0.25, 0.3) is 11.0 Å². The average molecular weight is 483 g/mol. The van der Waals surface area contributed by atoms with E-state index in [0.29, 0.717) is 18.3 Å². The third-order valence-corrected chi connectivity index (χ3v) is 4.10. The Balaban J connectivity index is 0.00000261. The Morgan fingerprint density at radius 2 is 2.00 bits per heavy atom. The second-order valence-electron chi connectivity index (χ2n) is 6.11. The summed E-state index contributed by atoms with van der Waals surface area (Å²) in [6, 6.07) is 8.06. The molecule has 2 N–H and O–H groups in total. The van der Waals surface area contributed by atoms with E-state index in [2.05, 4.69) is 38.8 Å². The zero-order chi connectivity index (χ0) is 18.4. The summed E-state index contributed by atoms with van der Waals surface area (Å²) >= 11 is 0. The van der Waals surface area contributed by atoms with Gasteiger partial charge >= 0.3 is 0 Å². The Labute approximate surface area is 176 Å². The first-order valence-corrected chi connectivity index (χ1v) is 8.95. The van der Waals surface area contributed by atoms with Gasteiger partial charge in [-0.3, -0.25) is 0 Å². The van der Waals surface area contributed by atoms with Crippen LogP contribution in [0, 0.1) is 13.8 Å². The first-order valence-electron chi connectivity index (χ1n) is 8.95. The van der Waals surface area contributed by atoms with Crippen LogP contribution >= 0.6 is 24.0 Å². The van der Waals surface area contributed by atoms with E-state index in [0.717, 1.165) is 54.2 Å². The molecular formula is C19H26IN5O2. The molecule has 0 atom stereocenters. The number of nitrogens with one attached hydrogen (secondary N) is 2. The molecule has 0 fully saturated rings. The highest BCUT2D eigenvalue weighted by Crippen LogP contribution is 2.25. The number of benzene rings is 1. The summed E-state index contributed by atoms with van der Waals surface area (Å²) in [7, 11) is 0. The van der Waals surface area contributed by atoms with Gasteiger partial charge in [-0.25, -0.2) is 4.99 Å². The van der Waals surface area contributed by atoms with Crippen molar-refractivity contribution in [2.45, 2.75) is 40.2 Å². The highest BCUT2D eigenvalue weighted by molar-refractivity contribution is 14.0. The Kier molecular flexibility index (Phi) is 8.08. The molecule has 7 nitrogen and oxygen atoms in total. The standard InChI is InChI=1S/C19H25N5O2.HI/c1-4-20-19(21-11-7-10-18-23-14(3)24-26-18)22-12-17-13(2)15-8-5-6-9-16(15)25-17;/h5-6,8-9H,4,7,10-12H2,1-3H3,(H2,20,21,22);1H. The van der Waals surface area contributed by atoms with Crippen LogP contribution in [0.4, 0.5) is 0 Å². The minimum absolute atomic E-state index is 0. The van der Waals surface area contributed by atoms with Crippen LogP contribution in [0.15, 0.2) is 38.2 Å². The van der Waals surface area contributed by atoms with Crippen molar-refractivity contribution in [3.05, 3.63) is 47.3 Å². The van der Waals surface area contributed by atoms with Crippen molar-refractivity contribution >= 4 is 40.9 Å². The number of furan rings is 1. The summed E-state index contributed by atoms with van der Waals surface area (Å²) in [6.07, 6.45) is 1.63. The Hall–Kier alpha value is -2.10. The van der Waals surface area contributed by atoms with E-state index in [9.17, 15) is 0 Å². The fourth-order valence-electron chi connectivity index (χ4n) is 2.76. The maximum Gasteiger partial charge on any atom is 0.226 e. The van der Waals surface area contributed by atoms with Crippen molar-refractivity contribution in [1.82, 2.24) is 20.8 Å². The normalized spacial score (nSPS) is 11.4. The molecule has 0 aliphatic rings. The predicted octanol–water partition coefficient (Wildman–Crippen LogP) is 3.74. The number of fused-ring (bicyclic) bond motifs is 1. The van der Waals surface area contributed by atoms with Gasteiger partial charge in [0.25, 0.3) is 0 Å². The molecule has 0 radical (unpaired) electrons. The van der Waals surface area contributed by atoms with Crippen LogP contribution in [-0.4, -0.2) is 29.2 Å². The number of aryl methyl sites for hydroxylation is 3. The van der Waals surface area contributed by atoms with Crippen LogP contribution in [-0.2, 0) is 13.0 Å². The number of para-hydroxylation sites is 1. The summed E-state index contributed by atoms with van der Waals surface area (Å²) in [4.78, 5) is 8.84. The first-order chi connectivity index (χ1) is 12.7. The van der Waals surface area contributed by atoms with Gasteiger partial charge in [0.2, 0.25) is 5.89 Å². The number of aromatic nitrogens is 2. The first kappa shape index (κ1) is 21.2. The lowest BCUT2D eigenvalue weighted by molar-refractivity contribution is 0.372. The number of hydrogen-bond acceptors (Lipinski definition) is 5. The zero-order valence-corrected chi connectivity index (χ0v) is 18.2. The molecule has 27 heavy (non-hydrogen) atoms. The van der Waals surface area contributed by atoms with E-state index < -0.39 is 0 Å². The van der Waals surface area contributed by atoms with E-state index in [4.69, 9.17) is 8.94 Å². The van der Waals surface area contributed by atoms with Gasteiger partial charge in [-0.05, 0) is 33.3 Å². The van der Waals surface area contributed by atoms with Gasteiger partial charge in [0.15, 0.2) is 11.8 Å². The Morgan fingerprint density at radius 1 is 1.19 bits per heavy atom. The molecule has 8 heteroatoms. The lowest BCUT2D eigenvalue weighted by Crippen LogP contribution is -2.37. The largest absolute Gasteiger partial charge is 0.459 e. The molecule has 0 saturated carbocycles. The minimum Gasteiger partial charge on any atom is -0.459 e. The minimum atomic E-state index is 0. The van der Waals surface area contributed by atoms with E-state index in [1.54, 1.807) is 0 Å². The molecule has 1 aromatic carbocycles. The van der Waals surface area contributed by atoms with Crippen molar-refractivity contribution in [1.29, 1.82) is 0 Å². The molecular weight excluding hydrogens is 457 g/mol. The number of halogens is 1. The number of nitrogens with zero attached hydrogens (tertiary/aromatic N) is 3. The van der Waals surface area contributed by atoms with Gasteiger partial charge in [0, 0.05) is 30.5 Å². The summed E-state index contributed by atoms with van der Waals surface area (Å²) in [5.74, 6) is 3.01. The fourth-order valence-corrected chi connectivity index (χ4v) is 2.76. The molecule has 3 rings (SSSR count). The monoisotopic (exact) mass is 483 g/mol. The summed E-state index contributed by atoms with van der Waals surface area (Å²) in [5.41, 5.74) is 2.05. The fraction of sp³-hybridized carbons (Fsp3) is 0.421. The second kappa shape index (κ2) is 10.3. The van der Waals surface area contributed by atoms with Gasteiger partial charge < -0.3 is 19.6 Å². The number of rotatable bonds is 7. The van der Waals surface area contributed by atoms with E-state index in [1.807, 2.05) is 32.0 Å². The average Bonchev–Trinajstić information content (AvgIpc) is 3.20. The van der Waals surface area contributed by atoms with Crippen molar-refractivity contribution in [2.75, 3.05) is 13.1 Å². The van der Waals surface area contributed by atoms with Crippen molar-refractivity contribution in [3.8, 4) is 0 Å². The van der Waals surface area contributed by atoms with Crippen molar-refractivity contribution in [2.24, 2.45) is 4.99 Å². The molecule has 0 aliphatic heterocycles. The molecule has 0 bridgehead atoms. The highest BCUT2D eigenvalue weighted by atomic mass is 127. The molecule has 0 unspecified atom stereocenters. The molecule has 0 saturated heterocycles. The van der Waals surface area contributed by atoms with Crippen LogP contribution < -0.4 is 10.6 Å². The molecule has 0 amide bonds. The molecule has 0 spiro atoms. The molecule has 3 aromatic rings. The SMILES string of the molecule is CCNC(=NCc1oc2ccccc2c1C)NCCCc1nc(C)no1.I. The summed E-state index contributed by atoms with van der Waals surface area (Å²) in [5, 5.41) is 11.5. The molecule has 146 valence electrons. The van der Waals surface area contributed by atoms with Gasteiger partial charge in [-0.1, -0.05) is 23.4 Å². The molecule has 2 aromatic heterocycles. The summed E-state index contributed by atoms with van der Waals surface area (Å²) < 4.78 is 11.0. The van der Waals surface area contributed by atoms with Gasteiger partial charge in [-0.2, -0.15) is 4.98 Å². The van der Waals surface area contributed by atoms with Crippen LogP contribution in [0.1, 0.15) is 36.4 Å². The topological polar surface area (TPSA) is 88.5 Å². The van der Waals surface area contributed by atoms with Crippen molar-refractivity contribution in [3.63, 3.8) is 0 Å². The van der Waals surface area contributed by atoms with E-state index in [1.165, 1.54) is 0 Å². The number of guanidine groups is 1. The third-order valence-electron chi connectivity index (χ3n) is 4.10. The van der Waals surface area contributed by atoms with Gasteiger partial charge in [0.05, 0.1) is 0 Å². The third kappa shape index (κ3) is 5.69. The zero-order valence-electron chi connectivity index (χ0n) is 15.9. The second-order valence-corrected chi connectivity index (χ2v) is 6.11. The smallest absolute Gasteiger partial charge is 0.226 e. The number of hydrogen-bond donors (Lipinski definition) is 2. The van der Waals surface area contributed by atoms with Gasteiger partial charge in [-0.15, -0.1) is 24.0 Å². The highest BCUT2D eigenvalue weighted by Gasteiger charge is 2.09. The van der Waals surface area contributed by atoms with Crippen molar-refractivity contribution < 1.29 is 8.94 Å². The van der Waals surface area contributed by atoms with Crippen LogP contribution in [0.3, 0.4) is 0 Å². The van der Waals surface area contributed by atoms with Gasteiger partial charge in [0.1, 0.15) is 17.9 Å². The van der Waals surface area contributed by atoms with Crippen LogP contribution in [0.2, 0.25) is 0 Å². The van der Waals surface area contributed by atoms with E-state index in [-0.39, 0.29) is 24.0 Å². The summed E-state index contributed by atoms with van der Waals surface area (Å²) in [6.45, 7) is 8.01. The van der Waals surface area contributed by atoms with Crippen LogP contribution in [0.5, 0.6) is 0 Å². The maximum atomic E-state index is 5.92. The Bertz CT molecular complexity index is 887. The number of aliphatic imine (C=N–C) groups is 1. The molecule has 2 heterocycles. The quantitative estimate of drug-likeness (QED) is 0.231. The maximum absolute atomic E-state index is 5.92. The Morgan fingerprint density at radius 3 is 2.70 bits per heavy atom.